The lowest BCUT2D eigenvalue weighted by Gasteiger charge is -2.10. The zero-order valence-corrected chi connectivity index (χ0v) is 11.3. The lowest BCUT2D eigenvalue weighted by Crippen LogP contribution is -2.31. The Morgan fingerprint density at radius 3 is 2.67 bits per heavy atom. The standard InChI is InChI=1S/C12H18N2O3S/c1-9(7-13)8-14-12(15)10-4-3-5-11(6-10)18(2,16)17/h3-6,9H,7-8,13H2,1-2H3,(H,14,15). The quantitative estimate of drug-likeness (QED) is 0.811. The number of amides is 1. The van der Waals surface area contributed by atoms with Gasteiger partial charge < -0.3 is 11.1 Å². The molecule has 1 amide bonds. The summed E-state index contributed by atoms with van der Waals surface area (Å²) in [5.74, 6) is -0.104. The summed E-state index contributed by atoms with van der Waals surface area (Å²) in [6, 6.07) is 5.97. The second-order valence-corrected chi connectivity index (χ2v) is 6.37. The number of hydrogen-bond donors (Lipinski definition) is 2. The van der Waals surface area contributed by atoms with E-state index in [0.29, 0.717) is 18.7 Å². The highest BCUT2D eigenvalue weighted by molar-refractivity contribution is 7.90. The van der Waals surface area contributed by atoms with Crippen molar-refractivity contribution >= 4 is 15.7 Å². The van der Waals surface area contributed by atoms with Crippen molar-refractivity contribution in [1.82, 2.24) is 5.32 Å². The molecule has 0 heterocycles. The summed E-state index contributed by atoms with van der Waals surface area (Å²) in [4.78, 5) is 11.9. The van der Waals surface area contributed by atoms with Gasteiger partial charge in [0.25, 0.3) is 5.91 Å². The molecule has 6 heteroatoms. The van der Waals surface area contributed by atoms with E-state index >= 15 is 0 Å². The first-order chi connectivity index (χ1) is 8.34. The van der Waals surface area contributed by atoms with E-state index in [1.54, 1.807) is 12.1 Å². The van der Waals surface area contributed by atoms with Crippen LogP contribution in [0.1, 0.15) is 17.3 Å². The van der Waals surface area contributed by atoms with E-state index in [1.165, 1.54) is 12.1 Å². The molecule has 0 aliphatic heterocycles. The summed E-state index contributed by atoms with van der Waals surface area (Å²) < 4.78 is 22.7. The first-order valence-corrected chi connectivity index (χ1v) is 7.52. The van der Waals surface area contributed by atoms with Gasteiger partial charge in [-0.3, -0.25) is 4.79 Å². The van der Waals surface area contributed by atoms with Gasteiger partial charge in [0, 0.05) is 18.4 Å². The molecular weight excluding hydrogens is 252 g/mol. The van der Waals surface area contributed by atoms with Crippen molar-refractivity contribution in [2.75, 3.05) is 19.3 Å². The molecule has 3 N–H and O–H groups in total. The topological polar surface area (TPSA) is 89.3 Å². The smallest absolute Gasteiger partial charge is 0.251 e. The number of benzene rings is 1. The number of hydrogen-bond acceptors (Lipinski definition) is 4. The van der Waals surface area contributed by atoms with Crippen LogP contribution in [-0.4, -0.2) is 33.7 Å². The molecule has 0 radical (unpaired) electrons. The summed E-state index contributed by atoms with van der Waals surface area (Å²) >= 11 is 0. The van der Waals surface area contributed by atoms with Gasteiger partial charge in [-0.25, -0.2) is 8.42 Å². The fourth-order valence-electron chi connectivity index (χ4n) is 1.32. The number of nitrogens with one attached hydrogen (secondary N) is 1. The second-order valence-electron chi connectivity index (χ2n) is 4.35. The third-order valence-electron chi connectivity index (χ3n) is 2.54. The molecule has 0 aromatic heterocycles. The minimum absolute atomic E-state index is 0.141. The molecule has 1 aromatic carbocycles. The molecule has 0 fully saturated rings. The van der Waals surface area contributed by atoms with Gasteiger partial charge in [-0.15, -0.1) is 0 Å². The third-order valence-corrected chi connectivity index (χ3v) is 3.65. The Balaban J connectivity index is 2.81. The van der Waals surface area contributed by atoms with E-state index in [-0.39, 0.29) is 16.7 Å². The monoisotopic (exact) mass is 270 g/mol. The zero-order chi connectivity index (χ0) is 13.8. The Bertz CT molecular complexity index is 526. The van der Waals surface area contributed by atoms with Crippen molar-refractivity contribution < 1.29 is 13.2 Å². The molecule has 1 rings (SSSR count). The van der Waals surface area contributed by atoms with Crippen LogP contribution in [0.25, 0.3) is 0 Å². The van der Waals surface area contributed by atoms with Crippen LogP contribution in [0.4, 0.5) is 0 Å². The average molecular weight is 270 g/mol. The molecule has 0 saturated carbocycles. The van der Waals surface area contributed by atoms with E-state index in [2.05, 4.69) is 5.32 Å². The number of rotatable bonds is 5. The van der Waals surface area contributed by atoms with Crippen molar-refractivity contribution in [1.29, 1.82) is 0 Å². The van der Waals surface area contributed by atoms with Gasteiger partial charge in [-0.05, 0) is 30.7 Å². The minimum atomic E-state index is -3.29. The predicted molar refractivity (Wildman–Crippen MR) is 70.1 cm³/mol. The third kappa shape index (κ3) is 4.12. The van der Waals surface area contributed by atoms with Gasteiger partial charge >= 0.3 is 0 Å². The minimum Gasteiger partial charge on any atom is -0.352 e. The van der Waals surface area contributed by atoms with Crippen LogP contribution in [0.3, 0.4) is 0 Å². The van der Waals surface area contributed by atoms with Crippen molar-refractivity contribution in [3.8, 4) is 0 Å². The molecule has 0 spiro atoms. The lowest BCUT2D eigenvalue weighted by molar-refractivity contribution is 0.0948. The van der Waals surface area contributed by atoms with E-state index in [1.807, 2.05) is 6.92 Å². The lowest BCUT2D eigenvalue weighted by atomic mass is 10.1. The maximum absolute atomic E-state index is 11.8. The summed E-state index contributed by atoms with van der Waals surface area (Å²) in [6.07, 6.45) is 1.11. The van der Waals surface area contributed by atoms with Gasteiger partial charge in [0.05, 0.1) is 4.90 Å². The first-order valence-electron chi connectivity index (χ1n) is 5.63. The SMILES string of the molecule is CC(CN)CNC(=O)c1cccc(S(C)(=O)=O)c1. The highest BCUT2D eigenvalue weighted by Crippen LogP contribution is 2.11. The van der Waals surface area contributed by atoms with Crippen LogP contribution in [0.15, 0.2) is 29.2 Å². The van der Waals surface area contributed by atoms with Gasteiger partial charge in [0.15, 0.2) is 9.84 Å². The molecule has 18 heavy (non-hydrogen) atoms. The molecule has 0 aliphatic carbocycles. The van der Waals surface area contributed by atoms with Crippen LogP contribution in [0, 0.1) is 5.92 Å². The van der Waals surface area contributed by atoms with E-state index in [4.69, 9.17) is 5.73 Å². The summed E-state index contributed by atoms with van der Waals surface area (Å²) in [5, 5.41) is 2.71. The van der Waals surface area contributed by atoms with Gasteiger partial charge in [-0.2, -0.15) is 0 Å². The van der Waals surface area contributed by atoms with Crippen molar-refractivity contribution in [2.45, 2.75) is 11.8 Å². The fraction of sp³-hybridized carbons (Fsp3) is 0.417. The first kappa shape index (κ1) is 14.7. The van der Waals surface area contributed by atoms with Crippen molar-refractivity contribution in [3.05, 3.63) is 29.8 Å². The molecule has 5 nitrogen and oxygen atoms in total. The zero-order valence-electron chi connectivity index (χ0n) is 10.5. The summed E-state index contributed by atoms with van der Waals surface area (Å²) in [5.41, 5.74) is 5.78. The number of nitrogens with two attached hydrogens (primary N) is 1. The van der Waals surface area contributed by atoms with Gasteiger partial charge in [0.1, 0.15) is 0 Å². The number of carbonyl (C=O) groups is 1. The summed E-state index contributed by atoms with van der Waals surface area (Å²) in [6.45, 7) is 2.88. The number of carbonyl (C=O) groups excluding carboxylic acids is 1. The highest BCUT2D eigenvalue weighted by atomic mass is 32.2. The Morgan fingerprint density at radius 1 is 1.44 bits per heavy atom. The molecule has 0 aliphatic rings. The van der Waals surface area contributed by atoms with Crippen LogP contribution in [-0.2, 0) is 9.84 Å². The maximum Gasteiger partial charge on any atom is 0.251 e. The van der Waals surface area contributed by atoms with Crippen LogP contribution in [0.2, 0.25) is 0 Å². The molecule has 1 atom stereocenters. The average Bonchev–Trinajstić information content (AvgIpc) is 2.34. The van der Waals surface area contributed by atoms with E-state index in [9.17, 15) is 13.2 Å². The Hall–Kier alpha value is -1.40. The number of sulfone groups is 1. The normalized spacial score (nSPS) is 13.1. The van der Waals surface area contributed by atoms with Crippen LogP contribution in [0.5, 0.6) is 0 Å². The molecule has 0 bridgehead atoms. The molecule has 0 saturated heterocycles. The molecule has 1 aromatic rings. The fourth-order valence-corrected chi connectivity index (χ4v) is 1.99. The van der Waals surface area contributed by atoms with Gasteiger partial charge in [-0.1, -0.05) is 13.0 Å². The van der Waals surface area contributed by atoms with Crippen LogP contribution < -0.4 is 11.1 Å². The summed E-state index contributed by atoms with van der Waals surface area (Å²) in [7, 11) is -3.29. The second kappa shape index (κ2) is 5.97. The van der Waals surface area contributed by atoms with E-state index in [0.717, 1.165) is 6.26 Å². The van der Waals surface area contributed by atoms with Gasteiger partial charge in [0.2, 0.25) is 0 Å². The maximum atomic E-state index is 11.8. The largest absolute Gasteiger partial charge is 0.352 e. The predicted octanol–water partition coefficient (Wildman–Crippen LogP) is 0.415. The van der Waals surface area contributed by atoms with Crippen molar-refractivity contribution in [3.63, 3.8) is 0 Å². The highest BCUT2D eigenvalue weighted by Gasteiger charge is 2.11. The Morgan fingerprint density at radius 2 is 2.11 bits per heavy atom. The molecule has 100 valence electrons. The van der Waals surface area contributed by atoms with E-state index < -0.39 is 9.84 Å². The molecular formula is C12H18N2O3S. The Labute approximate surface area is 107 Å². The molecule has 1 unspecified atom stereocenters. The van der Waals surface area contributed by atoms with Crippen molar-refractivity contribution in [2.24, 2.45) is 11.7 Å². The van der Waals surface area contributed by atoms with Crippen LogP contribution >= 0.6 is 0 Å². The Kier molecular flexibility index (Phi) is 4.86.